The quantitative estimate of drug-likeness (QED) is 0.806. The summed E-state index contributed by atoms with van der Waals surface area (Å²) >= 11 is 0. The van der Waals surface area contributed by atoms with Gasteiger partial charge in [-0.05, 0) is 18.9 Å². The second kappa shape index (κ2) is 6.20. The fourth-order valence-corrected chi connectivity index (χ4v) is 2.75. The Kier molecular flexibility index (Phi) is 4.78. The van der Waals surface area contributed by atoms with Crippen molar-refractivity contribution in [1.82, 2.24) is 10.2 Å². The van der Waals surface area contributed by atoms with E-state index in [0.29, 0.717) is 0 Å². The van der Waals surface area contributed by atoms with Gasteiger partial charge in [-0.15, -0.1) is 24.0 Å². The standard InChI is InChI=1S/C15H21N3O.HI/c1-18-10-9-16-14(18)17-11-15(7-8-15)12-5-3-4-6-13(12)19-2;/h3-6H,7-11H2,1-2H3,(H,16,17);1H. The number of halogens is 1. The number of benzene rings is 1. The summed E-state index contributed by atoms with van der Waals surface area (Å²) in [5, 5.41) is 3.50. The van der Waals surface area contributed by atoms with E-state index in [2.05, 4.69) is 40.5 Å². The highest BCUT2D eigenvalue weighted by molar-refractivity contribution is 14.0. The Hall–Kier alpha value is -0.980. The molecule has 1 N–H and O–H groups in total. The number of likely N-dealkylation sites (N-methyl/N-ethyl adjacent to an activating group) is 1. The first-order valence-electron chi connectivity index (χ1n) is 6.88. The van der Waals surface area contributed by atoms with Crippen LogP contribution in [0.2, 0.25) is 0 Å². The summed E-state index contributed by atoms with van der Waals surface area (Å²) < 4.78 is 5.50. The molecule has 0 spiro atoms. The number of nitrogens with zero attached hydrogens (tertiary/aromatic N) is 2. The third kappa shape index (κ3) is 2.87. The van der Waals surface area contributed by atoms with Crippen molar-refractivity contribution in [3.8, 4) is 5.75 Å². The van der Waals surface area contributed by atoms with Crippen LogP contribution in [-0.2, 0) is 5.41 Å². The minimum Gasteiger partial charge on any atom is -0.496 e. The predicted octanol–water partition coefficient (Wildman–Crippen LogP) is 2.24. The molecule has 1 heterocycles. The average Bonchev–Trinajstić information content (AvgIpc) is 3.13. The van der Waals surface area contributed by atoms with E-state index in [1.807, 2.05) is 6.07 Å². The molecule has 5 heteroatoms. The van der Waals surface area contributed by atoms with Crippen molar-refractivity contribution < 1.29 is 4.74 Å². The van der Waals surface area contributed by atoms with Crippen LogP contribution in [0.15, 0.2) is 29.3 Å². The molecular weight excluding hydrogens is 365 g/mol. The smallest absolute Gasteiger partial charge is 0.193 e. The van der Waals surface area contributed by atoms with Gasteiger partial charge in [-0.3, -0.25) is 4.99 Å². The van der Waals surface area contributed by atoms with Crippen LogP contribution < -0.4 is 10.1 Å². The lowest BCUT2D eigenvalue weighted by molar-refractivity contribution is 0.403. The van der Waals surface area contributed by atoms with Gasteiger partial charge in [-0.25, -0.2) is 0 Å². The van der Waals surface area contributed by atoms with Crippen molar-refractivity contribution in [3.05, 3.63) is 29.8 Å². The summed E-state index contributed by atoms with van der Waals surface area (Å²) in [7, 11) is 3.83. The molecule has 2 aliphatic rings. The zero-order valence-electron chi connectivity index (χ0n) is 12.1. The zero-order chi connectivity index (χ0) is 13.3. The second-order valence-electron chi connectivity index (χ2n) is 5.46. The molecule has 1 aromatic carbocycles. The van der Waals surface area contributed by atoms with Gasteiger partial charge in [0.2, 0.25) is 0 Å². The van der Waals surface area contributed by atoms with E-state index in [0.717, 1.165) is 31.3 Å². The maximum atomic E-state index is 5.50. The Balaban J connectivity index is 0.00000147. The predicted molar refractivity (Wildman–Crippen MR) is 92.3 cm³/mol. The molecule has 0 amide bonds. The molecule has 1 aliphatic carbocycles. The van der Waals surface area contributed by atoms with Gasteiger partial charge in [0, 0.05) is 31.1 Å². The van der Waals surface area contributed by atoms with Gasteiger partial charge in [-0.1, -0.05) is 18.2 Å². The highest BCUT2D eigenvalue weighted by Gasteiger charge is 2.46. The summed E-state index contributed by atoms with van der Waals surface area (Å²) in [6.45, 7) is 2.86. The van der Waals surface area contributed by atoms with Crippen LogP contribution >= 0.6 is 24.0 Å². The number of nitrogens with one attached hydrogen (secondary N) is 1. The largest absolute Gasteiger partial charge is 0.496 e. The number of hydrogen-bond donors (Lipinski definition) is 1. The van der Waals surface area contributed by atoms with E-state index >= 15 is 0 Å². The van der Waals surface area contributed by atoms with E-state index in [1.54, 1.807) is 7.11 Å². The number of guanidine groups is 1. The first kappa shape index (κ1) is 15.4. The average molecular weight is 387 g/mol. The van der Waals surface area contributed by atoms with E-state index in [9.17, 15) is 0 Å². The minimum atomic E-state index is 0. The summed E-state index contributed by atoms with van der Waals surface area (Å²) in [6, 6.07) is 8.36. The summed E-state index contributed by atoms with van der Waals surface area (Å²) in [5.41, 5.74) is 1.56. The van der Waals surface area contributed by atoms with E-state index in [1.165, 1.54) is 18.4 Å². The SMILES string of the molecule is COc1ccccc1C1(CNC2=NCCN2C)CC1.I. The lowest BCUT2D eigenvalue weighted by Crippen LogP contribution is -2.39. The Morgan fingerprint density at radius 1 is 1.35 bits per heavy atom. The number of methoxy groups -OCH3 is 1. The fourth-order valence-electron chi connectivity index (χ4n) is 2.75. The number of para-hydroxylation sites is 1. The van der Waals surface area contributed by atoms with Crippen LogP contribution in [0, 0.1) is 0 Å². The maximum Gasteiger partial charge on any atom is 0.193 e. The van der Waals surface area contributed by atoms with Crippen LogP contribution in [0.1, 0.15) is 18.4 Å². The van der Waals surface area contributed by atoms with Crippen LogP contribution in [0.3, 0.4) is 0 Å². The van der Waals surface area contributed by atoms with Gasteiger partial charge in [0.15, 0.2) is 5.96 Å². The monoisotopic (exact) mass is 387 g/mol. The normalized spacial score (nSPS) is 19.1. The highest BCUT2D eigenvalue weighted by Crippen LogP contribution is 2.50. The number of hydrogen-bond acceptors (Lipinski definition) is 4. The number of aliphatic imine (C=N–C) groups is 1. The van der Waals surface area contributed by atoms with Gasteiger partial charge in [0.05, 0.1) is 13.7 Å². The lowest BCUT2D eigenvalue weighted by atomic mass is 9.95. The van der Waals surface area contributed by atoms with Gasteiger partial charge in [0.25, 0.3) is 0 Å². The van der Waals surface area contributed by atoms with Crippen LogP contribution in [-0.4, -0.2) is 44.7 Å². The molecule has 1 aliphatic heterocycles. The lowest BCUT2D eigenvalue weighted by Gasteiger charge is -2.22. The maximum absolute atomic E-state index is 5.50. The molecule has 1 aromatic rings. The third-order valence-electron chi connectivity index (χ3n) is 4.18. The molecule has 1 saturated carbocycles. The van der Waals surface area contributed by atoms with Crippen LogP contribution in [0.4, 0.5) is 0 Å². The molecule has 0 atom stereocenters. The Bertz CT molecular complexity index is 500. The van der Waals surface area contributed by atoms with Crippen molar-refractivity contribution in [1.29, 1.82) is 0 Å². The van der Waals surface area contributed by atoms with Gasteiger partial charge >= 0.3 is 0 Å². The van der Waals surface area contributed by atoms with Crippen molar-refractivity contribution in [2.45, 2.75) is 18.3 Å². The summed E-state index contributed by atoms with van der Waals surface area (Å²) in [6.07, 6.45) is 2.44. The zero-order valence-corrected chi connectivity index (χ0v) is 14.4. The van der Waals surface area contributed by atoms with Crippen molar-refractivity contribution in [3.63, 3.8) is 0 Å². The van der Waals surface area contributed by atoms with Gasteiger partial charge < -0.3 is 15.0 Å². The number of rotatable bonds is 4. The third-order valence-corrected chi connectivity index (χ3v) is 4.18. The Morgan fingerprint density at radius 2 is 2.10 bits per heavy atom. The molecule has 110 valence electrons. The van der Waals surface area contributed by atoms with Crippen molar-refractivity contribution in [2.75, 3.05) is 33.8 Å². The molecule has 20 heavy (non-hydrogen) atoms. The molecule has 0 saturated heterocycles. The minimum absolute atomic E-state index is 0. The first-order chi connectivity index (χ1) is 9.25. The molecule has 0 unspecified atom stereocenters. The van der Waals surface area contributed by atoms with E-state index in [4.69, 9.17) is 4.74 Å². The van der Waals surface area contributed by atoms with Crippen molar-refractivity contribution >= 4 is 29.9 Å². The molecule has 3 rings (SSSR count). The molecule has 1 fully saturated rings. The number of ether oxygens (including phenoxy) is 1. The summed E-state index contributed by atoms with van der Waals surface area (Å²) in [4.78, 5) is 6.66. The molecule has 0 bridgehead atoms. The van der Waals surface area contributed by atoms with E-state index < -0.39 is 0 Å². The van der Waals surface area contributed by atoms with Gasteiger partial charge in [-0.2, -0.15) is 0 Å². The first-order valence-corrected chi connectivity index (χ1v) is 6.88. The Labute approximate surface area is 137 Å². The molecular formula is C15H22IN3O. The molecule has 4 nitrogen and oxygen atoms in total. The van der Waals surface area contributed by atoms with Gasteiger partial charge in [0.1, 0.15) is 5.75 Å². The van der Waals surface area contributed by atoms with E-state index in [-0.39, 0.29) is 29.4 Å². The molecule has 0 aromatic heterocycles. The fraction of sp³-hybridized carbons (Fsp3) is 0.533. The highest BCUT2D eigenvalue weighted by atomic mass is 127. The van der Waals surface area contributed by atoms with Crippen molar-refractivity contribution in [2.24, 2.45) is 4.99 Å². The second-order valence-corrected chi connectivity index (χ2v) is 5.46. The Morgan fingerprint density at radius 3 is 2.70 bits per heavy atom. The van der Waals surface area contributed by atoms with Crippen LogP contribution in [0.25, 0.3) is 0 Å². The molecule has 0 radical (unpaired) electrons. The topological polar surface area (TPSA) is 36.9 Å². The van der Waals surface area contributed by atoms with Crippen LogP contribution in [0.5, 0.6) is 5.75 Å². The summed E-state index contributed by atoms with van der Waals surface area (Å²) in [5.74, 6) is 2.03.